The molecule has 0 spiro atoms. The smallest absolute Gasteiger partial charge is 0.347 e. The van der Waals surface area contributed by atoms with Crippen LogP contribution < -0.4 is 10.1 Å². The first-order valence-electron chi connectivity index (χ1n) is 8.34. The summed E-state index contributed by atoms with van der Waals surface area (Å²) in [5.74, 6) is -0.654. The number of hydrogen-bond donors (Lipinski definition) is 1. The lowest BCUT2D eigenvalue weighted by Crippen LogP contribution is -2.31. The van der Waals surface area contributed by atoms with Crippen LogP contribution in [-0.2, 0) is 14.3 Å². The Morgan fingerprint density at radius 1 is 1.19 bits per heavy atom. The number of benzene rings is 2. The van der Waals surface area contributed by atoms with Crippen molar-refractivity contribution < 1.29 is 24.0 Å². The van der Waals surface area contributed by atoms with Gasteiger partial charge in [-0.1, -0.05) is 25.1 Å². The summed E-state index contributed by atoms with van der Waals surface area (Å²) in [4.78, 5) is 34.3. The molecule has 2 rings (SSSR count). The number of carbonyl (C=O) groups is 2. The lowest BCUT2D eigenvalue weighted by molar-refractivity contribution is -0.384. The van der Waals surface area contributed by atoms with Crippen LogP contribution in [-0.4, -0.2) is 29.5 Å². The van der Waals surface area contributed by atoms with Crippen molar-refractivity contribution in [1.82, 2.24) is 0 Å². The molecule has 0 unspecified atom stereocenters. The van der Waals surface area contributed by atoms with Crippen LogP contribution in [0.5, 0.6) is 5.75 Å². The maximum atomic E-state index is 12.1. The second-order valence-electron chi connectivity index (χ2n) is 5.74. The number of ether oxygens (including phenoxy) is 2. The van der Waals surface area contributed by atoms with Gasteiger partial charge in [0.25, 0.3) is 11.6 Å². The Kier molecular flexibility index (Phi) is 6.87. The number of hydrogen-bond acceptors (Lipinski definition) is 6. The van der Waals surface area contributed by atoms with Gasteiger partial charge in [-0.05, 0) is 37.1 Å². The van der Waals surface area contributed by atoms with Gasteiger partial charge in [0, 0.05) is 17.8 Å². The third kappa shape index (κ3) is 5.81. The number of nitrogens with zero attached hydrogens (tertiary/aromatic N) is 1. The molecule has 0 saturated carbocycles. The Hall–Kier alpha value is -3.42. The van der Waals surface area contributed by atoms with Gasteiger partial charge in [-0.25, -0.2) is 4.79 Å². The number of carbonyl (C=O) groups excluding carboxylic acids is 2. The fourth-order valence-corrected chi connectivity index (χ4v) is 2.28. The summed E-state index contributed by atoms with van der Waals surface area (Å²) < 4.78 is 10.6. The van der Waals surface area contributed by atoms with Gasteiger partial charge in [-0.15, -0.1) is 0 Å². The van der Waals surface area contributed by atoms with Crippen LogP contribution in [0.4, 0.5) is 11.4 Å². The molecule has 0 aliphatic rings. The van der Waals surface area contributed by atoms with E-state index in [0.29, 0.717) is 23.4 Å². The predicted octanol–water partition coefficient (Wildman–Crippen LogP) is 3.24. The van der Waals surface area contributed by atoms with Crippen molar-refractivity contribution in [3.8, 4) is 5.75 Å². The molecule has 0 aliphatic carbocycles. The highest BCUT2D eigenvalue weighted by Crippen LogP contribution is 2.21. The fourth-order valence-electron chi connectivity index (χ4n) is 2.28. The first kappa shape index (κ1) is 19.9. The summed E-state index contributed by atoms with van der Waals surface area (Å²) in [6.07, 6.45) is -0.433. The van der Waals surface area contributed by atoms with E-state index in [9.17, 15) is 19.7 Å². The Balaban J connectivity index is 1.88. The third-order valence-electron chi connectivity index (χ3n) is 3.70. The van der Waals surface area contributed by atoms with Crippen LogP contribution in [0.3, 0.4) is 0 Å². The average molecular weight is 372 g/mol. The minimum atomic E-state index is -0.818. The first-order valence-corrected chi connectivity index (χ1v) is 8.34. The molecule has 1 atom stereocenters. The lowest BCUT2D eigenvalue weighted by atomic mass is 10.2. The van der Waals surface area contributed by atoms with Gasteiger partial charge in [0.2, 0.25) is 0 Å². The molecular formula is C19H20N2O6. The molecule has 0 aromatic heterocycles. The monoisotopic (exact) mass is 372 g/mol. The Labute approximate surface area is 156 Å². The Bertz CT molecular complexity index is 822. The molecular weight excluding hydrogens is 352 g/mol. The first-order chi connectivity index (χ1) is 12.9. The topological polar surface area (TPSA) is 108 Å². The SMILES string of the molecule is CC[C@H](Oc1ccccc1)C(=O)OCC(=O)Nc1ccc([N+](=O)[O-])cc1C. The molecule has 1 amide bonds. The zero-order valence-electron chi connectivity index (χ0n) is 15.0. The zero-order chi connectivity index (χ0) is 19.8. The molecule has 0 bridgehead atoms. The lowest BCUT2D eigenvalue weighted by Gasteiger charge is -2.16. The van der Waals surface area contributed by atoms with E-state index < -0.39 is 29.5 Å². The van der Waals surface area contributed by atoms with Crippen molar-refractivity contribution in [2.24, 2.45) is 0 Å². The standard InChI is InChI=1S/C19H20N2O6/c1-3-17(27-15-7-5-4-6-8-15)19(23)26-12-18(22)20-16-10-9-14(21(24)25)11-13(16)2/h4-11,17H,3,12H2,1-2H3,(H,20,22)/t17-/m0/s1. The van der Waals surface area contributed by atoms with Crippen LogP contribution in [0.1, 0.15) is 18.9 Å². The van der Waals surface area contributed by atoms with E-state index in [4.69, 9.17) is 9.47 Å². The number of rotatable bonds is 8. The molecule has 0 saturated heterocycles. The van der Waals surface area contributed by atoms with Gasteiger partial charge in [-0.2, -0.15) is 0 Å². The molecule has 8 nitrogen and oxygen atoms in total. The van der Waals surface area contributed by atoms with Gasteiger partial charge in [0.15, 0.2) is 12.7 Å². The minimum Gasteiger partial charge on any atom is -0.479 e. The highest BCUT2D eigenvalue weighted by atomic mass is 16.6. The number of amides is 1. The van der Waals surface area contributed by atoms with E-state index >= 15 is 0 Å². The van der Waals surface area contributed by atoms with Gasteiger partial charge >= 0.3 is 5.97 Å². The van der Waals surface area contributed by atoms with Crippen molar-refractivity contribution in [3.63, 3.8) is 0 Å². The number of nitrogens with one attached hydrogen (secondary N) is 1. The minimum absolute atomic E-state index is 0.0687. The molecule has 142 valence electrons. The maximum Gasteiger partial charge on any atom is 0.347 e. The second-order valence-corrected chi connectivity index (χ2v) is 5.74. The van der Waals surface area contributed by atoms with Crippen LogP contribution in [0.15, 0.2) is 48.5 Å². The fraction of sp³-hybridized carbons (Fsp3) is 0.263. The highest BCUT2D eigenvalue weighted by Gasteiger charge is 2.21. The molecule has 8 heteroatoms. The quantitative estimate of drug-likeness (QED) is 0.433. The van der Waals surface area contributed by atoms with Crippen LogP contribution >= 0.6 is 0 Å². The van der Waals surface area contributed by atoms with Crippen molar-refractivity contribution in [2.75, 3.05) is 11.9 Å². The number of nitro groups is 1. The van der Waals surface area contributed by atoms with E-state index in [1.54, 1.807) is 38.1 Å². The highest BCUT2D eigenvalue weighted by molar-refractivity contribution is 5.93. The summed E-state index contributed by atoms with van der Waals surface area (Å²) >= 11 is 0. The van der Waals surface area contributed by atoms with Crippen LogP contribution in [0, 0.1) is 17.0 Å². The summed E-state index contributed by atoms with van der Waals surface area (Å²) in [6.45, 7) is 2.93. The van der Waals surface area contributed by atoms with Gasteiger partial charge < -0.3 is 14.8 Å². The second kappa shape index (κ2) is 9.33. The van der Waals surface area contributed by atoms with E-state index in [-0.39, 0.29) is 5.69 Å². The summed E-state index contributed by atoms with van der Waals surface area (Å²) in [5.41, 5.74) is 0.873. The van der Waals surface area contributed by atoms with Crippen LogP contribution in [0.25, 0.3) is 0 Å². The van der Waals surface area contributed by atoms with Crippen molar-refractivity contribution in [3.05, 3.63) is 64.2 Å². The van der Waals surface area contributed by atoms with Crippen molar-refractivity contribution in [2.45, 2.75) is 26.4 Å². The van der Waals surface area contributed by atoms with Gasteiger partial charge in [-0.3, -0.25) is 14.9 Å². The molecule has 0 radical (unpaired) electrons. The average Bonchev–Trinajstić information content (AvgIpc) is 2.66. The number of anilines is 1. The maximum absolute atomic E-state index is 12.1. The van der Waals surface area contributed by atoms with Crippen molar-refractivity contribution in [1.29, 1.82) is 0 Å². The Morgan fingerprint density at radius 3 is 2.48 bits per heavy atom. The molecule has 0 aliphatic heterocycles. The van der Waals surface area contributed by atoms with Gasteiger partial charge in [0.05, 0.1) is 4.92 Å². The molecule has 0 fully saturated rings. The normalized spacial score (nSPS) is 11.3. The number of aryl methyl sites for hydroxylation is 1. The number of non-ortho nitro benzene ring substituents is 1. The predicted molar refractivity (Wildman–Crippen MR) is 98.6 cm³/mol. The molecule has 2 aromatic carbocycles. The zero-order valence-corrected chi connectivity index (χ0v) is 15.0. The molecule has 1 N–H and O–H groups in total. The molecule has 0 heterocycles. The number of para-hydroxylation sites is 1. The van der Waals surface area contributed by atoms with E-state index in [0.717, 1.165) is 0 Å². The van der Waals surface area contributed by atoms with Gasteiger partial charge in [0.1, 0.15) is 5.75 Å². The van der Waals surface area contributed by atoms with E-state index in [1.807, 2.05) is 6.07 Å². The van der Waals surface area contributed by atoms with E-state index in [2.05, 4.69) is 5.32 Å². The third-order valence-corrected chi connectivity index (χ3v) is 3.70. The summed E-state index contributed by atoms with van der Waals surface area (Å²) in [6, 6.07) is 12.9. The van der Waals surface area contributed by atoms with E-state index in [1.165, 1.54) is 18.2 Å². The summed E-state index contributed by atoms with van der Waals surface area (Å²) in [7, 11) is 0. The number of esters is 1. The largest absolute Gasteiger partial charge is 0.479 e. The molecule has 27 heavy (non-hydrogen) atoms. The Morgan fingerprint density at radius 2 is 1.89 bits per heavy atom. The summed E-state index contributed by atoms with van der Waals surface area (Å²) in [5, 5.41) is 13.3. The van der Waals surface area contributed by atoms with Crippen molar-refractivity contribution >= 4 is 23.3 Å². The molecule has 2 aromatic rings. The van der Waals surface area contributed by atoms with Crippen LogP contribution in [0.2, 0.25) is 0 Å². The number of nitro benzene ring substituents is 1.